The van der Waals surface area contributed by atoms with E-state index in [-0.39, 0.29) is 30.2 Å². The van der Waals surface area contributed by atoms with Crippen molar-refractivity contribution in [3.05, 3.63) is 11.0 Å². The van der Waals surface area contributed by atoms with Gasteiger partial charge in [-0.2, -0.15) is 0 Å². The fourth-order valence-corrected chi connectivity index (χ4v) is 7.84. The zero-order valence-electron chi connectivity index (χ0n) is 41.3. The van der Waals surface area contributed by atoms with E-state index in [1.807, 2.05) is 0 Å². The summed E-state index contributed by atoms with van der Waals surface area (Å²) < 4.78 is 0. The van der Waals surface area contributed by atoms with E-state index in [0.29, 0.717) is 19.4 Å². The second-order valence-corrected chi connectivity index (χ2v) is 18.6. The molecule has 1 heterocycles. The van der Waals surface area contributed by atoms with E-state index in [2.05, 4.69) is 31.9 Å². The maximum absolute atomic E-state index is 14.0. The number of aliphatic hydroxyl groups excluding tert-OH is 10. The van der Waals surface area contributed by atoms with E-state index in [4.69, 9.17) is 21.7 Å². The SMILES string of the molecule is C[C@@H](CSC1=CC(=O)N(CCN)C1=O)NC(=O)[C@@H](CCC(=O)NC[C@H](O)[C@@H](O)[C@H](O)[C@H](O)CO)NC(=O)[C@@H](CCC(=O)O)NC(=O)[C@@H](CCC(=O)NC[C@H](O)[C@@H](O)[C@H](O)[C@H](O)CO)NC(=O)CCCCCCCN. The first-order chi connectivity index (χ1) is 34.9. The van der Waals surface area contributed by atoms with Gasteiger partial charge in [-0.25, -0.2) is 0 Å². The molecule has 74 heavy (non-hydrogen) atoms. The number of carbonyl (C=O) groups excluding carboxylic acids is 8. The minimum absolute atomic E-state index is 0.00237. The molecule has 0 fully saturated rings. The van der Waals surface area contributed by atoms with Gasteiger partial charge in [0.1, 0.15) is 54.7 Å². The Morgan fingerprint density at radius 3 is 1.46 bits per heavy atom. The van der Waals surface area contributed by atoms with Gasteiger partial charge in [0.2, 0.25) is 35.4 Å². The van der Waals surface area contributed by atoms with Gasteiger partial charge in [0.05, 0.1) is 30.3 Å². The highest BCUT2D eigenvalue weighted by atomic mass is 32.2. The average molecular weight is 1080 g/mol. The van der Waals surface area contributed by atoms with Gasteiger partial charge in [0, 0.05) is 69.7 Å². The summed E-state index contributed by atoms with van der Waals surface area (Å²) >= 11 is 0.927. The van der Waals surface area contributed by atoms with Crippen LogP contribution in [0.1, 0.15) is 84.0 Å². The molecule has 12 atom stereocenters. The van der Waals surface area contributed by atoms with E-state index in [0.717, 1.165) is 42.0 Å². The number of nitrogens with one attached hydrogen (secondary N) is 6. The van der Waals surface area contributed by atoms with E-state index in [9.17, 15) is 89.1 Å². The van der Waals surface area contributed by atoms with Crippen LogP contribution in [-0.4, -0.2) is 239 Å². The number of nitrogens with zero attached hydrogens (tertiary/aromatic N) is 1. The summed E-state index contributed by atoms with van der Waals surface area (Å²) in [7, 11) is 0. The Morgan fingerprint density at radius 2 is 1.00 bits per heavy atom. The number of unbranched alkanes of at least 4 members (excludes halogenated alkanes) is 4. The van der Waals surface area contributed by atoms with Gasteiger partial charge in [0.15, 0.2) is 0 Å². The van der Waals surface area contributed by atoms with Crippen LogP contribution >= 0.6 is 11.8 Å². The Bertz CT molecular complexity index is 1850. The molecule has 0 aromatic rings. The lowest BCUT2D eigenvalue weighted by molar-refractivity contribution is -0.139. The molecule has 0 saturated carbocycles. The van der Waals surface area contributed by atoms with E-state index in [1.54, 1.807) is 0 Å². The number of aliphatic hydroxyl groups is 10. The average Bonchev–Trinajstić information content (AvgIpc) is 3.64. The summed E-state index contributed by atoms with van der Waals surface area (Å²) in [6.07, 6.45) is -14.4. The summed E-state index contributed by atoms with van der Waals surface area (Å²) in [5, 5.41) is 122. The molecule has 0 radical (unpaired) electrons. The summed E-state index contributed by atoms with van der Waals surface area (Å²) in [5.41, 5.74) is 11.0. The molecule has 0 aromatic carbocycles. The second-order valence-electron chi connectivity index (χ2n) is 17.6. The third-order valence-electron chi connectivity index (χ3n) is 11.4. The highest BCUT2D eigenvalue weighted by Crippen LogP contribution is 2.25. The van der Waals surface area contributed by atoms with Crippen molar-refractivity contribution in [3.8, 4) is 0 Å². The van der Waals surface area contributed by atoms with E-state index in [1.165, 1.54) is 6.92 Å². The third-order valence-corrected chi connectivity index (χ3v) is 12.6. The lowest BCUT2D eigenvalue weighted by Crippen LogP contribution is -2.57. The Labute approximate surface area is 431 Å². The first-order valence-corrected chi connectivity index (χ1v) is 25.1. The molecule has 1 rings (SSSR count). The maximum Gasteiger partial charge on any atom is 0.303 e. The topological polar surface area (TPSA) is 504 Å². The number of hydrogen-bond donors (Lipinski definition) is 19. The number of carboxylic acids is 1. The Hall–Kier alpha value is -4.96. The van der Waals surface area contributed by atoms with Gasteiger partial charge in [-0.15, -0.1) is 11.8 Å². The van der Waals surface area contributed by atoms with Gasteiger partial charge >= 0.3 is 5.97 Å². The van der Waals surface area contributed by atoms with Crippen LogP contribution in [-0.2, 0) is 43.2 Å². The first-order valence-electron chi connectivity index (χ1n) is 24.1. The van der Waals surface area contributed by atoms with Crippen molar-refractivity contribution in [1.82, 2.24) is 36.8 Å². The second kappa shape index (κ2) is 36.1. The van der Waals surface area contributed by atoms with Crippen molar-refractivity contribution < 1.29 is 99.3 Å². The lowest BCUT2D eigenvalue weighted by atomic mass is 10.0. The molecule has 8 amide bonds. The fourth-order valence-electron chi connectivity index (χ4n) is 6.91. The molecule has 29 nitrogen and oxygen atoms in total. The number of carboxylic acid groups (broad SMARTS) is 1. The van der Waals surface area contributed by atoms with Crippen LogP contribution < -0.4 is 43.4 Å². The Morgan fingerprint density at radius 1 is 0.568 bits per heavy atom. The summed E-state index contributed by atoms with van der Waals surface area (Å²) in [5.74, 6) is -8.12. The van der Waals surface area contributed by atoms with Crippen LogP contribution in [0.2, 0.25) is 0 Å². The minimum Gasteiger partial charge on any atom is -0.481 e. The van der Waals surface area contributed by atoms with Gasteiger partial charge in [-0.05, 0) is 45.6 Å². The number of thioether (sulfide) groups is 1. The van der Waals surface area contributed by atoms with Crippen LogP contribution in [0.3, 0.4) is 0 Å². The molecule has 0 unspecified atom stereocenters. The normalized spacial score (nSPS) is 17.5. The summed E-state index contributed by atoms with van der Waals surface area (Å²) in [4.78, 5) is 118. The molecule has 0 spiro atoms. The van der Waals surface area contributed by atoms with Crippen LogP contribution in [0.4, 0.5) is 0 Å². The quantitative estimate of drug-likeness (QED) is 0.0200. The molecule has 21 N–H and O–H groups in total. The monoisotopic (exact) mass is 1080 g/mol. The Balaban J connectivity index is 3.38. The first kappa shape index (κ1) is 67.1. The molecule has 0 aromatic heterocycles. The fraction of sp³-hybridized carbons (Fsp3) is 0.750. The molecule has 424 valence electrons. The van der Waals surface area contributed by atoms with Crippen LogP contribution in [0, 0.1) is 0 Å². The van der Waals surface area contributed by atoms with Crippen molar-refractivity contribution in [2.24, 2.45) is 11.5 Å². The Kier molecular flexibility index (Phi) is 32.7. The van der Waals surface area contributed by atoms with Gasteiger partial charge in [-0.1, -0.05) is 19.3 Å². The number of amides is 8. The van der Waals surface area contributed by atoms with Crippen LogP contribution in [0.5, 0.6) is 0 Å². The number of nitrogens with two attached hydrogens (primary N) is 2. The predicted octanol–water partition coefficient (Wildman–Crippen LogP) is -8.28. The molecule has 1 aliphatic rings. The van der Waals surface area contributed by atoms with Crippen molar-refractivity contribution in [3.63, 3.8) is 0 Å². The maximum atomic E-state index is 14.0. The summed E-state index contributed by atoms with van der Waals surface area (Å²) in [6.45, 7) is -1.30. The highest BCUT2D eigenvalue weighted by molar-refractivity contribution is 8.04. The van der Waals surface area contributed by atoms with E-state index < -0.39 is 191 Å². The van der Waals surface area contributed by atoms with Crippen molar-refractivity contribution in [2.45, 2.75) is 157 Å². The number of rotatable bonds is 40. The number of carbonyl (C=O) groups is 9. The van der Waals surface area contributed by atoms with Crippen molar-refractivity contribution in [1.29, 1.82) is 0 Å². The van der Waals surface area contributed by atoms with Gasteiger partial charge in [-0.3, -0.25) is 48.1 Å². The smallest absolute Gasteiger partial charge is 0.303 e. The standard InChI is InChI=1S/C44H77N9O20S/c1-23(22-74-31-17-35(63)53(16-15-46)44(31)73)49-41(70)25(9-12-33(61)48-19-28(57)38(67)40(69)30(59)21-55)51-43(72)26(10-13-36(64)65)52-42(71)24(50-34(62)7-5-3-2-4-6-14-45)8-11-32(60)47-18-27(56)37(66)39(68)29(58)20-54/h17,23-30,37-40,54-59,66-69H,2-16,18-22,45-46H2,1H3,(H,47,60)(H,48,61)(H,49,70)(H,50,62)(H,51,72)(H,52,71)(H,64,65)/t23-,24+,25+,26+,27-,28-,29+,30+,37+,38+,39+,40+/m0/s1. The zero-order valence-corrected chi connectivity index (χ0v) is 42.1. The number of aliphatic carboxylic acids is 1. The third kappa shape index (κ3) is 25.0. The lowest BCUT2D eigenvalue weighted by Gasteiger charge is -2.27. The van der Waals surface area contributed by atoms with Crippen LogP contribution in [0.25, 0.3) is 0 Å². The van der Waals surface area contributed by atoms with Gasteiger partial charge < -0.3 is 99.5 Å². The zero-order chi connectivity index (χ0) is 56.1. The van der Waals surface area contributed by atoms with Crippen molar-refractivity contribution in [2.75, 3.05) is 51.7 Å². The molecular formula is C44H77N9O20S. The molecule has 1 aliphatic heterocycles. The highest BCUT2D eigenvalue weighted by Gasteiger charge is 2.35. The molecule has 0 aliphatic carbocycles. The van der Waals surface area contributed by atoms with Crippen LogP contribution in [0.15, 0.2) is 11.0 Å². The molecule has 0 bridgehead atoms. The van der Waals surface area contributed by atoms with Crippen molar-refractivity contribution >= 4 is 65.0 Å². The largest absolute Gasteiger partial charge is 0.481 e. The summed E-state index contributed by atoms with van der Waals surface area (Å²) in [6, 6.07) is -5.75. The molecule has 0 saturated heterocycles. The van der Waals surface area contributed by atoms with Gasteiger partial charge in [0.25, 0.3) is 11.8 Å². The number of hydrogen-bond acceptors (Lipinski definition) is 22. The minimum atomic E-state index is -2.03. The molecular weight excluding hydrogens is 1010 g/mol. The number of imide groups is 1. The van der Waals surface area contributed by atoms with E-state index >= 15 is 0 Å². The predicted molar refractivity (Wildman–Crippen MR) is 260 cm³/mol. The molecule has 30 heteroatoms.